The van der Waals surface area contributed by atoms with Gasteiger partial charge in [0, 0.05) is 10.8 Å². The number of amides is 1. The number of nitrogens with zero attached hydrogens (tertiary/aromatic N) is 5. The van der Waals surface area contributed by atoms with Gasteiger partial charge in [0.2, 0.25) is 11.9 Å². The van der Waals surface area contributed by atoms with Crippen molar-refractivity contribution in [3.63, 3.8) is 0 Å². The minimum atomic E-state index is -0.600. The van der Waals surface area contributed by atoms with E-state index in [2.05, 4.69) is 54.8 Å². The van der Waals surface area contributed by atoms with E-state index >= 15 is 0 Å². The smallest absolute Gasteiger partial charge is 0.275 e. The number of halogens is 2. The molecule has 28 heavy (non-hydrogen) atoms. The van der Waals surface area contributed by atoms with Gasteiger partial charge in [-0.15, -0.1) is 18.5 Å². The minimum Gasteiger partial charge on any atom is -0.293 e. The van der Waals surface area contributed by atoms with Gasteiger partial charge in [-0.05, 0) is 28.1 Å². The molecular formula is C16H12BrFN6O2P2. The van der Waals surface area contributed by atoms with E-state index in [9.17, 15) is 14.0 Å². The molecular weight excluding hydrogens is 469 g/mol. The van der Waals surface area contributed by atoms with Crippen LogP contribution in [0.2, 0.25) is 0 Å². The van der Waals surface area contributed by atoms with E-state index in [0.29, 0.717) is 5.69 Å². The predicted octanol–water partition coefficient (Wildman–Crippen LogP) is 2.35. The van der Waals surface area contributed by atoms with Crippen molar-refractivity contribution in [3.05, 3.63) is 56.4 Å². The number of fused-ring (bicyclic) bond motifs is 1. The largest absolute Gasteiger partial charge is 0.293 e. The Bertz CT molecular complexity index is 1180. The molecule has 142 valence electrons. The van der Waals surface area contributed by atoms with Crippen molar-refractivity contribution in [1.82, 2.24) is 19.7 Å². The Morgan fingerprint density at radius 1 is 1.36 bits per heavy atom. The van der Waals surface area contributed by atoms with Crippen molar-refractivity contribution < 1.29 is 9.18 Å². The Morgan fingerprint density at radius 3 is 2.64 bits per heavy atom. The fourth-order valence-electron chi connectivity index (χ4n) is 2.43. The van der Waals surface area contributed by atoms with Crippen molar-refractivity contribution in [2.45, 2.75) is 11.9 Å². The summed E-state index contributed by atoms with van der Waals surface area (Å²) >= 11 is 3.11. The minimum absolute atomic E-state index is 0.0111. The van der Waals surface area contributed by atoms with Crippen molar-refractivity contribution in [3.8, 4) is 6.07 Å². The summed E-state index contributed by atoms with van der Waals surface area (Å²) in [4.78, 5) is 32.6. The van der Waals surface area contributed by atoms with Crippen LogP contribution < -0.4 is 10.9 Å². The number of hydrogen-bond donors (Lipinski definition) is 1. The number of aromatic nitrogens is 4. The zero-order valence-corrected chi connectivity index (χ0v) is 18.0. The van der Waals surface area contributed by atoms with Gasteiger partial charge >= 0.3 is 0 Å². The first-order valence-corrected chi connectivity index (χ1v) is 9.86. The summed E-state index contributed by atoms with van der Waals surface area (Å²) in [7, 11) is 4.93. The lowest BCUT2D eigenvalue weighted by Gasteiger charge is -2.14. The van der Waals surface area contributed by atoms with Gasteiger partial charge in [-0.1, -0.05) is 0 Å². The van der Waals surface area contributed by atoms with Crippen LogP contribution in [0.15, 0.2) is 33.8 Å². The molecule has 0 saturated carbocycles. The fraction of sp³-hybridized carbons (Fsp3) is 0.125. The van der Waals surface area contributed by atoms with E-state index in [0.717, 1.165) is 4.68 Å². The molecule has 0 radical (unpaired) electrons. The molecule has 2 atom stereocenters. The number of hydrogen-bond acceptors (Lipinski definition) is 6. The van der Waals surface area contributed by atoms with Gasteiger partial charge in [0.1, 0.15) is 18.4 Å². The third-order valence-corrected chi connectivity index (χ3v) is 4.93. The zero-order valence-electron chi connectivity index (χ0n) is 14.1. The first-order chi connectivity index (χ1) is 13.3. The van der Waals surface area contributed by atoms with E-state index in [1.165, 1.54) is 24.5 Å². The Labute approximate surface area is 171 Å². The summed E-state index contributed by atoms with van der Waals surface area (Å²) in [5.41, 5.74) is -0.0577. The highest BCUT2D eigenvalue weighted by molar-refractivity contribution is 9.10. The van der Waals surface area contributed by atoms with Crippen molar-refractivity contribution in [2.24, 2.45) is 0 Å². The molecule has 0 aliphatic heterocycles. The van der Waals surface area contributed by atoms with Crippen molar-refractivity contribution >= 4 is 57.0 Å². The number of rotatable bonds is 4. The summed E-state index contributed by atoms with van der Waals surface area (Å²) in [5, 5.41) is 15.2. The molecule has 0 saturated heterocycles. The van der Waals surface area contributed by atoms with Crippen LogP contribution in [0.25, 0.3) is 10.8 Å². The third kappa shape index (κ3) is 4.07. The Hall–Kier alpha value is -2.33. The normalized spacial score (nSPS) is 10.9. The highest BCUT2D eigenvalue weighted by atomic mass is 79.9. The van der Waals surface area contributed by atoms with Crippen LogP contribution in [0.5, 0.6) is 0 Å². The lowest BCUT2D eigenvalue weighted by molar-refractivity contribution is -0.117. The molecule has 2 aromatic heterocycles. The van der Waals surface area contributed by atoms with Crippen molar-refractivity contribution in [2.75, 3.05) is 5.32 Å². The monoisotopic (exact) mass is 480 g/mol. The number of carbonyl (C=O) groups excluding carboxylic acids is 1. The van der Waals surface area contributed by atoms with Crippen LogP contribution in [-0.4, -0.2) is 25.7 Å². The maximum atomic E-state index is 14.6. The van der Waals surface area contributed by atoms with Gasteiger partial charge in [0.05, 0.1) is 33.5 Å². The highest BCUT2D eigenvalue weighted by Crippen LogP contribution is 2.35. The molecule has 0 aliphatic carbocycles. The second-order valence-electron chi connectivity index (χ2n) is 5.61. The van der Waals surface area contributed by atoms with Gasteiger partial charge in [-0.3, -0.25) is 14.9 Å². The van der Waals surface area contributed by atoms with Crippen LogP contribution in [0.1, 0.15) is 16.7 Å². The van der Waals surface area contributed by atoms with Crippen LogP contribution in [0, 0.1) is 17.1 Å². The standard InChI is InChI=1S/C16H12BrFN6O2P2/c17-9-2-1-8-11(12(9)18)13(15(27)28)23-24(14(8)26)6-10(25)22-16-20-4-7(3-19)5-21-16/h1-2,4-5,15H,6,27-28H2,(H,20,21,22,25). The number of nitriles is 1. The van der Waals surface area contributed by atoms with Gasteiger partial charge in [0.25, 0.3) is 5.56 Å². The molecule has 0 fully saturated rings. The highest BCUT2D eigenvalue weighted by Gasteiger charge is 2.20. The zero-order chi connectivity index (χ0) is 20.4. The van der Waals surface area contributed by atoms with Crippen LogP contribution >= 0.6 is 34.4 Å². The van der Waals surface area contributed by atoms with E-state index in [1.54, 1.807) is 0 Å². The summed E-state index contributed by atoms with van der Waals surface area (Å²) in [6.45, 7) is -0.412. The average molecular weight is 481 g/mol. The summed E-state index contributed by atoms with van der Waals surface area (Å²) in [6.07, 6.45) is 2.52. The molecule has 3 aromatic rings. The third-order valence-electron chi connectivity index (χ3n) is 3.69. The topological polar surface area (TPSA) is 114 Å². The summed E-state index contributed by atoms with van der Waals surface area (Å²) in [6, 6.07) is 4.77. The molecule has 0 bridgehead atoms. The number of carbonyl (C=O) groups is 1. The maximum Gasteiger partial charge on any atom is 0.275 e. The van der Waals surface area contributed by atoms with Gasteiger partial charge in [-0.2, -0.15) is 10.4 Å². The molecule has 12 heteroatoms. The van der Waals surface area contributed by atoms with Crippen molar-refractivity contribution in [1.29, 1.82) is 5.26 Å². The molecule has 3 rings (SSSR count). The first-order valence-electron chi connectivity index (χ1n) is 7.73. The SMILES string of the molecule is N#Cc1cnc(NC(=O)Cn2nc(C(P)P)c3c(F)c(Br)ccc3c2=O)nc1. The molecule has 1 aromatic carbocycles. The van der Waals surface area contributed by atoms with Crippen LogP contribution in [0.3, 0.4) is 0 Å². The molecule has 0 aliphatic rings. The van der Waals surface area contributed by atoms with Gasteiger partial charge in [0.15, 0.2) is 0 Å². The van der Waals surface area contributed by atoms with E-state index in [1.807, 2.05) is 6.07 Å². The molecule has 2 unspecified atom stereocenters. The average Bonchev–Trinajstić information content (AvgIpc) is 2.67. The van der Waals surface area contributed by atoms with Crippen LogP contribution in [-0.2, 0) is 11.3 Å². The lowest BCUT2D eigenvalue weighted by atomic mass is 10.1. The maximum absolute atomic E-state index is 14.6. The van der Waals surface area contributed by atoms with Crippen LogP contribution in [0.4, 0.5) is 10.3 Å². The van der Waals surface area contributed by atoms with E-state index < -0.39 is 23.8 Å². The quantitative estimate of drug-likeness (QED) is 0.573. The van der Waals surface area contributed by atoms with E-state index in [-0.39, 0.29) is 32.2 Å². The summed E-state index contributed by atoms with van der Waals surface area (Å²) in [5.74, 6) is -1.19. The number of benzene rings is 1. The summed E-state index contributed by atoms with van der Waals surface area (Å²) < 4.78 is 15.7. The molecule has 1 amide bonds. The molecule has 2 heterocycles. The number of nitrogens with one attached hydrogen (secondary N) is 1. The van der Waals surface area contributed by atoms with E-state index in [4.69, 9.17) is 5.26 Å². The first kappa shape index (κ1) is 20.4. The Kier molecular flexibility index (Phi) is 6.09. The molecule has 8 nitrogen and oxygen atoms in total. The fourth-order valence-corrected chi connectivity index (χ4v) is 3.23. The number of anilines is 1. The predicted molar refractivity (Wildman–Crippen MR) is 111 cm³/mol. The second kappa shape index (κ2) is 8.36. The second-order valence-corrected chi connectivity index (χ2v) is 8.67. The van der Waals surface area contributed by atoms with Gasteiger partial charge in [-0.25, -0.2) is 19.0 Å². The Morgan fingerprint density at radius 2 is 2.04 bits per heavy atom. The molecule has 1 N–H and O–H groups in total. The Balaban J connectivity index is 1.97. The molecule has 0 spiro atoms. The lowest BCUT2D eigenvalue weighted by Crippen LogP contribution is -2.31. The van der Waals surface area contributed by atoms with Gasteiger partial charge < -0.3 is 0 Å².